The topological polar surface area (TPSA) is 150 Å². The Hall–Kier alpha value is -3.57. The molecule has 0 saturated carbocycles. The summed E-state index contributed by atoms with van der Waals surface area (Å²) in [7, 11) is 1.50. The molecule has 220 valence electrons. The highest BCUT2D eigenvalue weighted by Crippen LogP contribution is 2.31. The quantitative estimate of drug-likeness (QED) is 0.108. The van der Waals surface area contributed by atoms with Gasteiger partial charge >= 0.3 is 5.69 Å². The van der Waals surface area contributed by atoms with Crippen LogP contribution in [0.15, 0.2) is 58.4 Å². The highest BCUT2D eigenvalue weighted by Gasteiger charge is 2.15. The van der Waals surface area contributed by atoms with Crippen molar-refractivity contribution in [1.82, 2.24) is 14.5 Å². The SMILES string of the molecule is CC(N)=NCCCOCc1ccc(-n2cc3cc(-c4cc(CCCC(C)N)cc(Cl)c4F)[nH]c3nc2=O)cc1.CN. The molecule has 9 nitrogen and oxygen atoms in total. The first-order valence-corrected chi connectivity index (χ1v) is 14.0. The van der Waals surface area contributed by atoms with Crippen LogP contribution in [0.4, 0.5) is 4.39 Å². The number of amidine groups is 1. The Bertz CT molecular complexity index is 1510. The van der Waals surface area contributed by atoms with Crippen LogP contribution in [-0.4, -0.2) is 46.6 Å². The number of aliphatic imine (C=N–C) groups is 1. The lowest BCUT2D eigenvalue weighted by atomic mass is 10.0. The Morgan fingerprint density at radius 2 is 1.90 bits per heavy atom. The molecule has 0 spiro atoms. The van der Waals surface area contributed by atoms with Crippen LogP contribution in [-0.2, 0) is 17.8 Å². The number of hydrogen-bond acceptors (Lipinski definition) is 6. The van der Waals surface area contributed by atoms with Crippen LogP contribution in [0.25, 0.3) is 28.0 Å². The number of nitrogens with two attached hydrogens (primary N) is 3. The van der Waals surface area contributed by atoms with Gasteiger partial charge in [-0.1, -0.05) is 23.7 Å². The van der Waals surface area contributed by atoms with Gasteiger partial charge in [-0.2, -0.15) is 4.98 Å². The van der Waals surface area contributed by atoms with Gasteiger partial charge < -0.3 is 26.9 Å². The molecule has 7 N–H and O–H groups in total. The maximum absolute atomic E-state index is 15.0. The molecule has 0 aliphatic carbocycles. The minimum atomic E-state index is -0.519. The van der Waals surface area contributed by atoms with E-state index < -0.39 is 11.5 Å². The number of aromatic nitrogens is 3. The van der Waals surface area contributed by atoms with Gasteiger partial charge in [0.2, 0.25) is 0 Å². The number of rotatable bonds is 12. The number of halogens is 2. The molecule has 0 saturated heterocycles. The average molecular weight is 584 g/mol. The largest absolute Gasteiger partial charge is 0.388 e. The van der Waals surface area contributed by atoms with E-state index in [0.717, 1.165) is 36.8 Å². The van der Waals surface area contributed by atoms with Gasteiger partial charge in [0.1, 0.15) is 5.65 Å². The fourth-order valence-electron chi connectivity index (χ4n) is 4.30. The molecular formula is C30H39ClFN7O2. The molecule has 0 aliphatic heterocycles. The zero-order valence-corrected chi connectivity index (χ0v) is 24.5. The molecule has 2 heterocycles. The lowest BCUT2D eigenvalue weighted by Crippen LogP contribution is -2.20. The molecule has 1 unspecified atom stereocenters. The second kappa shape index (κ2) is 15.4. The van der Waals surface area contributed by atoms with Crippen molar-refractivity contribution < 1.29 is 9.13 Å². The van der Waals surface area contributed by atoms with Crippen LogP contribution in [0.5, 0.6) is 0 Å². The number of benzene rings is 2. The van der Waals surface area contributed by atoms with E-state index in [9.17, 15) is 4.79 Å². The monoisotopic (exact) mass is 583 g/mol. The summed E-state index contributed by atoms with van der Waals surface area (Å²) >= 11 is 6.22. The molecule has 0 radical (unpaired) electrons. The molecule has 1 atom stereocenters. The number of aryl methyl sites for hydroxylation is 1. The summed E-state index contributed by atoms with van der Waals surface area (Å²) in [6.07, 6.45) is 4.97. The van der Waals surface area contributed by atoms with E-state index in [4.69, 9.17) is 27.8 Å². The summed E-state index contributed by atoms with van der Waals surface area (Å²) in [4.78, 5) is 24.2. The summed E-state index contributed by atoms with van der Waals surface area (Å²) in [6.45, 7) is 5.40. The Labute approximate surface area is 244 Å². The Balaban J connectivity index is 0.00000226. The summed E-state index contributed by atoms with van der Waals surface area (Å²) in [5.41, 5.74) is 19.2. The van der Waals surface area contributed by atoms with Gasteiger partial charge in [0.05, 0.1) is 28.8 Å². The van der Waals surface area contributed by atoms with Crippen molar-refractivity contribution in [3.8, 4) is 16.9 Å². The van der Waals surface area contributed by atoms with E-state index in [1.807, 2.05) is 31.2 Å². The van der Waals surface area contributed by atoms with E-state index in [0.29, 0.717) is 53.6 Å². The first-order valence-electron chi connectivity index (χ1n) is 13.6. The first kappa shape index (κ1) is 32.0. The fraction of sp³-hybridized carbons (Fsp3) is 0.367. The lowest BCUT2D eigenvalue weighted by Gasteiger charge is -2.09. The molecule has 0 fully saturated rings. The first-order chi connectivity index (χ1) is 19.7. The molecule has 0 aliphatic rings. The number of nitrogens with zero attached hydrogens (tertiary/aromatic N) is 3. The van der Waals surface area contributed by atoms with Crippen LogP contribution >= 0.6 is 11.6 Å². The van der Waals surface area contributed by atoms with E-state index >= 15 is 4.39 Å². The number of ether oxygens (including phenoxy) is 1. The highest BCUT2D eigenvalue weighted by molar-refractivity contribution is 6.31. The predicted molar refractivity (Wildman–Crippen MR) is 165 cm³/mol. The van der Waals surface area contributed by atoms with Gasteiger partial charge in [-0.25, -0.2) is 9.18 Å². The van der Waals surface area contributed by atoms with Crippen molar-refractivity contribution in [3.05, 3.63) is 81.1 Å². The van der Waals surface area contributed by atoms with E-state index in [2.05, 4.69) is 20.7 Å². The Kier molecular flexibility index (Phi) is 12.0. The van der Waals surface area contributed by atoms with Crippen molar-refractivity contribution in [2.75, 3.05) is 20.2 Å². The highest BCUT2D eigenvalue weighted by atomic mass is 35.5. The van der Waals surface area contributed by atoms with Crippen LogP contribution in [0.2, 0.25) is 5.02 Å². The van der Waals surface area contributed by atoms with E-state index in [1.165, 1.54) is 11.6 Å². The minimum Gasteiger partial charge on any atom is -0.388 e. The van der Waals surface area contributed by atoms with Gasteiger partial charge in [0.15, 0.2) is 5.82 Å². The molecule has 11 heteroatoms. The summed E-state index contributed by atoms with van der Waals surface area (Å²) in [5.74, 6) is 0.0494. The third-order valence-corrected chi connectivity index (χ3v) is 6.58. The minimum absolute atomic E-state index is 0.0534. The molecule has 41 heavy (non-hydrogen) atoms. The third-order valence-electron chi connectivity index (χ3n) is 6.30. The second-order valence-corrected chi connectivity index (χ2v) is 10.2. The molecule has 4 rings (SSSR count). The van der Waals surface area contributed by atoms with Gasteiger partial charge in [-0.3, -0.25) is 9.56 Å². The zero-order chi connectivity index (χ0) is 29.9. The van der Waals surface area contributed by atoms with Crippen LogP contribution in [0, 0.1) is 5.82 Å². The number of nitrogens with one attached hydrogen (secondary N) is 1. The van der Waals surface area contributed by atoms with E-state index in [-0.39, 0.29) is 11.1 Å². The predicted octanol–water partition coefficient (Wildman–Crippen LogP) is 4.70. The van der Waals surface area contributed by atoms with Crippen molar-refractivity contribution in [2.45, 2.75) is 52.2 Å². The van der Waals surface area contributed by atoms with Gasteiger partial charge in [0, 0.05) is 36.3 Å². The molecule has 0 amide bonds. The van der Waals surface area contributed by atoms with Crippen molar-refractivity contribution >= 4 is 28.5 Å². The Morgan fingerprint density at radius 3 is 2.59 bits per heavy atom. The maximum atomic E-state index is 15.0. The summed E-state index contributed by atoms with van der Waals surface area (Å²) < 4.78 is 22.2. The average Bonchev–Trinajstić information content (AvgIpc) is 3.35. The van der Waals surface area contributed by atoms with Gasteiger partial charge in [0.25, 0.3) is 0 Å². The van der Waals surface area contributed by atoms with Crippen LogP contribution in [0.3, 0.4) is 0 Å². The van der Waals surface area contributed by atoms with Crippen molar-refractivity contribution in [2.24, 2.45) is 22.2 Å². The molecule has 4 aromatic rings. The third kappa shape index (κ3) is 8.96. The molecule has 2 aromatic carbocycles. The van der Waals surface area contributed by atoms with Crippen molar-refractivity contribution in [3.63, 3.8) is 0 Å². The van der Waals surface area contributed by atoms with Gasteiger partial charge in [-0.05, 0) is 88.0 Å². The van der Waals surface area contributed by atoms with Crippen LogP contribution in [0.1, 0.15) is 44.2 Å². The number of aromatic amines is 1. The van der Waals surface area contributed by atoms with Crippen LogP contribution < -0.4 is 22.9 Å². The standard InChI is InChI=1S/C29H34ClFN6O2.CH5N/c1-18(32)5-3-6-21-13-24(27(31)25(30)14-21)26-15-22-16-37(29(38)36-28(22)35-26)23-9-7-20(8-10-23)17-39-12-4-11-34-19(2)33;1-2/h7-10,13-16,18H,3-6,11-12,17,32H2,1-2H3,(H2,33,34)(H,35,36,38);2H2,1H3. The molecule has 0 bridgehead atoms. The van der Waals surface area contributed by atoms with Gasteiger partial charge in [-0.15, -0.1) is 0 Å². The number of H-pyrrole nitrogens is 1. The molecular weight excluding hydrogens is 545 g/mol. The second-order valence-electron chi connectivity index (χ2n) is 9.78. The summed E-state index contributed by atoms with van der Waals surface area (Å²) in [6, 6.07) is 12.8. The van der Waals surface area contributed by atoms with Crippen molar-refractivity contribution in [1.29, 1.82) is 0 Å². The Morgan fingerprint density at radius 1 is 1.17 bits per heavy atom. The van der Waals surface area contributed by atoms with E-state index in [1.54, 1.807) is 31.3 Å². The molecule has 2 aromatic heterocycles. The smallest absolute Gasteiger partial charge is 0.354 e. The summed E-state index contributed by atoms with van der Waals surface area (Å²) in [5, 5.41) is 0.725. The number of fused-ring (bicyclic) bond motifs is 1. The maximum Gasteiger partial charge on any atom is 0.354 e. The fourth-order valence-corrected chi connectivity index (χ4v) is 4.54. The zero-order valence-electron chi connectivity index (χ0n) is 23.8. The lowest BCUT2D eigenvalue weighted by molar-refractivity contribution is 0.120. The number of hydrogen-bond donors (Lipinski definition) is 4. The normalized spacial score (nSPS) is 12.3.